The quantitative estimate of drug-likeness (QED) is 0.439. The van der Waals surface area contributed by atoms with Gasteiger partial charge < -0.3 is 24.1 Å². The molecule has 0 radical (unpaired) electrons. The molecule has 84 valence electrons. The average molecular weight is 208 g/mol. The molecule has 0 spiro atoms. The molecule has 0 aliphatic rings. The van der Waals surface area contributed by atoms with Gasteiger partial charge >= 0.3 is 6.16 Å². The van der Waals surface area contributed by atoms with Crippen molar-refractivity contribution in [2.75, 3.05) is 46.8 Å². The first kappa shape index (κ1) is 13.2. The van der Waals surface area contributed by atoms with Gasteiger partial charge in [0.15, 0.2) is 0 Å². The summed E-state index contributed by atoms with van der Waals surface area (Å²) in [6.45, 7) is 1.60. The van der Waals surface area contributed by atoms with Gasteiger partial charge in [-0.2, -0.15) is 0 Å². The maximum absolute atomic E-state index is 10.4. The van der Waals surface area contributed by atoms with Gasteiger partial charge in [-0.05, 0) is 0 Å². The van der Waals surface area contributed by atoms with Crippen molar-refractivity contribution in [1.29, 1.82) is 0 Å². The molecule has 0 aliphatic carbocycles. The van der Waals surface area contributed by atoms with E-state index < -0.39 is 6.16 Å². The average Bonchev–Trinajstić information content (AvgIpc) is 2.21. The zero-order chi connectivity index (χ0) is 10.6. The number of hydrogen-bond donors (Lipinski definition) is 1. The largest absolute Gasteiger partial charge is 0.508 e. The van der Waals surface area contributed by atoms with Crippen molar-refractivity contribution in [3.05, 3.63) is 0 Å². The Kier molecular flexibility index (Phi) is 9.61. The fourth-order valence-corrected chi connectivity index (χ4v) is 0.629. The van der Waals surface area contributed by atoms with E-state index in [1.54, 1.807) is 0 Å². The predicted molar refractivity (Wildman–Crippen MR) is 47.1 cm³/mol. The highest BCUT2D eigenvalue weighted by Gasteiger charge is 1.98. The summed E-state index contributed by atoms with van der Waals surface area (Å²) >= 11 is 0. The van der Waals surface area contributed by atoms with Gasteiger partial charge in [0, 0.05) is 0 Å². The number of ether oxygens (including phenoxy) is 4. The lowest BCUT2D eigenvalue weighted by atomic mass is 10.7. The summed E-state index contributed by atoms with van der Waals surface area (Å²) in [5, 5.41) is 8.36. The van der Waals surface area contributed by atoms with E-state index in [0.717, 1.165) is 0 Å². The van der Waals surface area contributed by atoms with Crippen LogP contribution in [-0.4, -0.2) is 58.0 Å². The molecule has 0 aliphatic heterocycles. The highest BCUT2D eigenvalue weighted by molar-refractivity contribution is 5.59. The second-order valence-corrected chi connectivity index (χ2v) is 2.25. The van der Waals surface area contributed by atoms with Crippen LogP contribution in [0.2, 0.25) is 0 Å². The molecule has 0 saturated carbocycles. The number of aliphatic hydroxyl groups is 1. The summed E-state index contributed by atoms with van der Waals surface area (Å²) in [5.41, 5.74) is 0. The van der Waals surface area contributed by atoms with Crippen molar-refractivity contribution >= 4 is 6.16 Å². The molecule has 6 heteroatoms. The van der Waals surface area contributed by atoms with Crippen molar-refractivity contribution < 1.29 is 28.8 Å². The second-order valence-electron chi connectivity index (χ2n) is 2.25. The molecule has 0 amide bonds. The third-order valence-corrected chi connectivity index (χ3v) is 1.22. The van der Waals surface area contributed by atoms with Crippen LogP contribution in [0.15, 0.2) is 0 Å². The summed E-state index contributed by atoms with van der Waals surface area (Å²) in [7, 11) is 1.24. The lowest BCUT2D eigenvalue weighted by Gasteiger charge is -2.05. The van der Waals surface area contributed by atoms with Crippen LogP contribution in [0, 0.1) is 0 Å². The van der Waals surface area contributed by atoms with Gasteiger partial charge in [0.2, 0.25) is 0 Å². The van der Waals surface area contributed by atoms with Gasteiger partial charge in [0.25, 0.3) is 0 Å². The summed E-state index contributed by atoms with van der Waals surface area (Å²) in [6.07, 6.45) is -0.717. The molecular formula is C8H16O6. The van der Waals surface area contributed by atoms with Crippen molar-refractivity contribution in [1.82, 2.24) is 0 Å². The van der Waals surface area contributed by atoms with Gasteiger partial charge in [-0.25, -0.2) is 4.79 Å². The van der Waals surface area contributed by atoms with Gasteiger partial charge in [-0.3, -0.25) is 0 Å². The highest BCUT2D eigenvalue weighted by atomic mass is 16.7. The molecule has 0 bridgehead atoms. The normalized spacial score (nSPS) is 9.86. The summed E-state index contributed by atoms with van der Waals surface area (Å²) in [6, 6.07) is 0. The topological polar surface area (TPSA) is 74.2 Å². The third kappa shape index (κ3) is 9.24. The van der Waals surface area contributed by atoms with E-state index in [1.165, 1.54) is 7.11 Å². The SMILES string of the molecule is COC(=O)OCCOCCOCCO. The molecule has 0 aromatic carbocycles. The van der Waals surface area contributed by atoms with Crippen LogP contribution in [0.4, 0.5) is 4.79 Å². The smallest absolute Gasteiger partial charge is 0.438 e. The Hall–Kier alpha value is -0.850. The lowest BCUT2D eigenvalue weighted by molar-refractivity contribution is 0.00836. The Morgan fingerprint density at radius 2 is 1.64 bits per heavy atom. The molecule has 0 aromatic rings. The first-order valence-corrected chi connectivity index (χ1v) is 4.28. The highest BCUT2D eigenvalue weighted by Crippen LogP contribution is 1.83. The summed E-state index contributed by atoms with van der Waals surface area (Å²) in [5.74, 6) is 0. The maximum Gasteiger partial charge on any atom is 0.508 e. The zero-order valence-electron chi connectivity index (χ0n) is 8.23. The monoisotopic (exact) mass is 208 g/mol. The molecule has 0 unspecified atom stereocenters. The number of carbonyl (C=O) groups excluding carboxylic acids is 1. The number of methoxy groups -OCH3 is 1. The second kappa shape index (κ2) is 10.2. The molecule has 6 nitrogen and oxygen atoms in total. The van der Waals surface area contributed by atoms with Crippen LogP contribution in [0.1, 0.15) is 0 Å². The number of hydrogen-bond acceptors (Lipinski definition) is 6. The van der Waals surface area contributed by atoms with Crippen LogP contribution in [-0.2, 0) is 18.9 Å². The van der Waals surface area contributed by atoms with Crippen LogP contribution >= 0.6 is 0 Å². The number of aliphatic hydroxyl groups excluding tert-OH is 1. The van der Waals surface area contributed by atoms with E-state index in [-0.39, 0.29) is 13.2 Å². The Morgan fingerprint density at radius 3 is 2.21 bits per heavy atom. The van der Waals surface area contributed by atoms with Gasteiger partial charge in [0.1, 0.15) is 6.61 Å². The number of rotatable bonds is 8. The van der Waals surface area contributed by atoms with Crippen LogP contribution in [0.25, 0.3) is 0 Å². The van der Waals surface area contributed by atoms with Crippen LogP contribution < -0.4 is 0 Å². The lowest BCUT2D eigenvalue weighted by Crippen LogP contribution is -2.13. The zero-order valence-corrected chi connectivity index (χ0v) is 8.23. The Balaban J connectivity index is 2.95. The van der Waals surface area contributed by atoms with E-state index in [1.807, 2.05) is 0 Å². The molecule has 14 heavy (non-hydrogen) atoms. The Labute approximate surface area is 82.7 Å². The van der Waals surface area contributed by atoms with Crippen LogP contribution in [0.5, 0.6) is 0 Å². The maximum atomic E-state index is 10.4. The van der Waals surface area contributed by atoms with E-state index in [4.69, 9.17) is 14.6 Å². The number of carbonyl (C=O) groups is 1. The first-order chi connectivity index (χ1) is 6.81. The molecule has 0 heterocycles. The predicted octanol–water partition coefficient (Wildman–Crippen LogP) is -0.205. The van der Waals surface area contributed by atoms with Crippen LogP contribution in [0.3, 0.4) is 0 Å². The van der Waals surface area contributed by atoms with E-state index in [9.17, 15) is 4.79 Å². The minimum Gasteiger partial charge on any atom is -0.438 e. The first-order valence-electron chi connectivity index (χ1n) is 4.28. The van der Waals surface area contributed by atoms with Crippen molar-refractivity contribution in [3.8, 4) is 0 Å². The fourth-order valence-electron chi connectivity index (χ4n) is 0.629. The minimum atomic E-state index is -0.717. The minimum absolute atomic E-state index is 0.00541. The van der Waals surface area contributed by atoms with Gasteiger partial charge in [-0.1, -0.05) is 0 Å². The third-order valence-electron chi connectivity index (χ3n) is 1.22. The fraction of sp³-hybridized carbons (Fsp3) is 0.875. The molecular weight excluding hydrogens is 192 g/mol. The molecule has 0 atom stereocenters. The Morgan fingerprint density at radius 1 is 1.07 bits per heavy atom. The van der Waals surface area contributed by atoms with E-state index in [0.29, 0.717) is 26.4 Å². The molecule has 1 N–H and O–H groups in total. The molecule has 0 aromatic heterocycles. The van der Waals surface area contributed by atoms with Gasteiger partial charge in [-0.15, -0.1) is 0 Å². The standard InChI is InChI=1S/C8H16O6/c1-11-8(10)14-7-6-13-5-4-12-3-2-9/h9H,2-7H2,1H3. The molecule has 0 fully saturated rings. The van der Waals surface area contributed by atoms with Gasteiger partial charge in [0.05, 0.1) is 40.1 Å². The van der Waals surface area contributed by atoms with Crippen molar-refractivity contribution in [2.24, 2.45) is 0 Å². The summed E-state index contributed by atoms with van der Waals surface area (Å²) in [4.78, 5) is 10.4. The Bertz CT molecular complexity index is 138. The summed E-state index contributed by atoms with van der Waals surface area (Å²) < 4.78 is 18.8. The molecule has 0 rings (SSSR count). The van der Waals surface area contributed by atoms with Crippen molar-refractivity contribution in [3.63, 3.8) is 0 Å². The van der Waals surface area contributed by atoms with E-state index in [2.05, 4.69) is 9.47 Å². The van der Waals surface area contributed by atoms with Crippen molar-refractivity contribution in [2.45, 2.75) is 0 Å². The van der Waals surface area contributed by atoms with E-state index >= 15 is 0 Å². The molecule has 0 saturated heterocycles.